The maximum absolute atomic E-state index is 6.22. The Morgan fingerprint density at radius 1 is 1.64 bits per heavy atom. The predicted molar refractivity (Wildman–Crippen MR) is 59.4 cm³/mol. The fourth-order valence-corrected chi connectivity index (χ4v) is 1.71. The van der Waals surface area contributed by atoms with Crippen molar-refractivity contribution in [3.8, 4) is 0 Å². The molecule has 0 spiro atoms. The smallest absolute Gasteiger partial charge is 0.0964 e. The minimum absolute atomic E-state index is 0. The van der Waals surface area contributed by atoms with E-state index in [0.29, 0.717) is 0 Å². The van der Waals surface area contributed by atoms with Crippen molar-refractivity contribution in [3.63, 3.8) is 0 Å². The molecule has 1 aliphatic carbocycles. The third-order valence-electron chi connectivity index (χ3n) is 2.70. The first kappa shape index (κ1) is 11.5. The Hall–Kier alpha value is -0.540. The highest BCUT2D eigenvalue weighted by atomic mass is 35.5. The van der Waals surface area contributed by atoms with Gasteiger partial charge in [-0.15, -0.1) is 12.4 Å². The zero-order valence-corrected chi connectivity index (χ0v) is 9.55. The Balaban J connectivity index is 0.000000980. The van der Waals surface area contributed by atoms with Gasteiger partial charge in [0.1, 0.15) is 0 Å². The Kier molecular flexibility index (Phi) is 3.22. The van der Waals surface area contributed by atoms with Crippen LogP contribution in [0.15, 0.2) is 12.5 Å². The first-order valence-electron chi connectivity index (χ1n) is 4.88. The summed E-state index contributed by atoms with van der Waals surface area (Å²) < 4.78 is 2.03. The summed E-state index contributed by atoms with van der Waals surface area (Å²) in [7, 11) is 0. The molecule has 2 N–H and O–H groups in total. The lowest BCUT2D eigenvalue weighted by Crippen LogP contribution is -2.39. The van der Waals surface area contributed by atoms with Crippen molar-refractivity contribution < 1.29 is 0 Å². The summed E-state index contributed by atoms with van der Waals surface area (Å²) in [5.41, 5.74) is 7.00. The van der Waals surface area contributed by atoms with Gasteiger partial charge < -0.3 is 10.3 Å². The third-order valence-corrected chi connectivity index (χ3v) is 2.70. The number of aryl methyl sites for hydroxylation is 1. The molecule has 1 atom stereocenters. The molecular formula is C10H18ClN3. The lowest BCUT2D eigenvalue weighted by atomic mass is 10.1. The second kappa shape index (κ2) is 3.91. The van der Waals surface area contributed by atoms with E-state index in [2.05, 4.69) is 11.9 Å². The highest BCUT2D eigenvalue weighted by molar-refractivity contribution is 5.85. The molecule has 1 heterocycles. The molecule has 2 rings (SSSR count). The Morgan fingerprint density at radius 2 is 2.29 bits per heavy atom. The van der Waals surface area contributed by atoms with Crippen LogP contribution in [0.1, 0.15) is 31.9 Å². The monoisotopic (exact) mass is 215 g/mol. The normalized spacial score (nSPS) is 19.9. The van der Waals surface area contributed by atoms with Gasteiger partial charge >= 0.3 is 0 Å². The molecule has 1 saturated carbocycles. The summed E-state index contributed by atoms with van der Waals surface area (Å²) in [6.07, 6.45) is 7.61. The van der Waals surface area contributed by atoms with Gasteiger partial charge in [-0.25, -0.2) is 4.98 Å². The van der Waals surface area contributed by atoms with Crippen molar-refractivity contribution in [1.29, 1.82) is 0 Å². The minimum Gasteiger partial charge on any atom is -0.319 e. The summed E-state index contributed by atoms with van der Waals surface area (Å²) in [6.45, 7) is 4.07. The molecule has 1 aromatic rings. The molecule has 0 aromatic carbocycles. The van der Waals surface area contributed by atoms with Crippen molar-refractivity contribution >= 4 is 12.4 Å². The van der Waals surface area contributed by atoms with Crippen molar-refractivity contribution in [2.75, 3.05) is 0 Å². The molecule has 80 valence electrons. The first-order valence-corrected chi connectivity index (χ1v) is 4.88. The summed E-state index contributed by atoms with van der Waals surface area (Å²) in [4.78, 5) is 4.19. The van der Waals surface area contributed by atoms with E-state index in [4.69, 9.17) is 5.73 Å². The van der Waals surface area contributed by atoms with E-state index in [1.54, 1.807) is 0 Å². The van der Waals surface area contributed by atoms with Crippen LogP contribution in [0.4, 0.5) is 0 Å². The molecule has 0 bridgehead atoms. The van der Waals surface area contributed by atoms with E-state index in [1.165, 1.54) is 12.8 Å². The van der Waals surface area contributed by atoms with Crippen molar-refractivity contribution in [2.24, 2.45) is 11.7 Å². The van der Waals surface area contributed by atoms with Crippen LogP contribution in [-0.2, 0) is 5.66 Å². The van der Waals surface area contributed by atoms with E-state index in [0.717, 1.165) is 18.0 Å². The molecule has 3 nitrogen and oxygen atoms in total. The molecule has 14 heavy (non-hydrogen) atoms. The van der Waals surface area contributed by atoms with Gasteiger partial charge in [-0.05, 0) is 26.2 Å². The molecule has 4 heteroatoms. The molecule has 0 aliphatic heterocycles. The van der Waals surface area contributed by atoms with Gasteiger partial charge in [-0.3, -0.25) is 0 Å². The second-order valence-electron chi connectivity index (χ2n) is 4.43. The van der Waals surface area contributed by atoms with Crippen LogP contribution in [0.2, 0.25) is 0 Å². The van der Waals surface area contributed by atoms with Gasteiger partial charge in [0.05, 0.1) is 17.7 Å². The fourth-order valence-electron chi connectivity index (χ4n) is 1.71. The number of imidazole rings is 1. The van der Waals surface area contributed by atoms with Gasteiger partial charge in [0.15, 0.2) is 0 Å². The summed E-state index contributed by atoms with van der Waals surface area (Å²) in [5, 5.41) is 0. The molecular weight excluding hydrogens is 198 g/mol. The summed E-state index contributed by atoms with van der Waals surface area (Å²) in [6, 6.07) is 0. The largest absolute Gasteiger partial charge is 0.319 e. The Labute approximate surface area is 91.1 Å². The Bertz CT molecular complexity index is 302. The number of nitrogens with zero attached hydrogens (tertiary/aromatic N) is 2. The number of nitrogens with two attached hydrogens (primary N) is 1. The first-order chi connectivity index (χ1) is 6.08. The maximum Gasteiger partial charge on any atom is 0.0964 e. The van der Waals surface area contributed by atoms with E-state index < -0.39 is 0 Å². The molecule has 0 unspecified atom stereocenters. The van der Waals surface area contributed by atoms with Gasteiger partial charge in [0, 0.05) is 6.20 Å². The summed E-state index contributed by atoms with van der Waals surface area (Å²) >= 11 is 0. The van der Waals surface area contributed by atoms with E-state index in [9.17, 15) is 0 Å². The fraction of sp³-hybridized carbons (Fsp3) is 0.700. The molecule has 1 fully saturated rings. The molecule has 0 radical (unpaired) electrons. The third kappa shape index (κ3) is 2.49. The van der Waals surface area contributed by atoms with E-state index in [1.807, 2.05) is 24.0 Å². The lowest BCUT2D eigenvalue weighted by molar-refractivity contribution is 0.288. The van der Waals surface area contributed by atoms with Crippen LogP contribution in [-0.4, -0.2) is 9.55 Å². The average Bonchev–Trinajstić information content (AvgIpc) is 2.70. The van der Waals surface area contributed by atoms with Crippen LogP contribution < -0.4 is 5.73 Å². The number of hydrogen-bond donors (Lipinski definition) is 1. The molecule has 1 aromatic heterocycles. The van der Waals surface area contributed by atoms with Crippen LogP contribution >= 0.6 is 12.4 Å². The van der Waals surface area contributed by atoms with Gasteiger partial charge in [0.2, 0.25) is 0 Å². The zero-order valence-electron chi connectivity index (χ0n) is 8.73. The Morgan fingerprint density at radius 3 is 2.71 bits per heavy atom. The van der Waals surface area contributed by atoms with Crippen LogP contribution in [0.25, 0.3) is 0 Å². The maximum atomic E-state index is 6.22. The van der Waals surface area contributed by atoms with Crippen molar-refractivity contribution in [1.82, 2.24) is 9.55 Å². The molecule has 0 amide bonds. The van der Waals surface area contributed by atoms with Gasteiger partial charge in [-0.1, -0.05) is 12.8 Å². The zero-order chi connectivity index (χ0) is 9.47. The van der Waals surface area contributed by atoms with Crippen molar-refractivity contribution in [3.05, 3.63) is 18.2 Å². The topological polar surface area (TPSA) is 43.8 Å². The van der Waals surface area contributed by atoms with Crippen LogP contribution in [0.3, 0.4) is 0 Å². The number of halogens is 1. The van der Waals surface area contributed by atoms with Gasteiger partial charge in [0.25, 0.3) is 0 Å². The van der Waals surface area contributed by atoms with Crippen LogP contribution in [0, 0.1) is 12.8 Å². The quantitative estimate of drug-likeness (QED) is 0.839. The van der Waals surface area contributed by atoms with E-state index in [-0.39, 0.29) is 18.1 Å². The minimum atomic E-state index is -0.248. The summed E-state index contributed by atoms with van der Waals surface area (Å²) in [5.74, 6) is 0.845. The highest BCUT2D eigenvalue weighted by Gasteiger charge is 2.31. The number of rotatable bonds is 3. The SMILES string of the molecule is Cc1cn([C@](C)(N)CC2CC2)cn1.Cl. The lowest BCUT2D eigenvalue weighted by Gasteiger charge is -2.26. The standard InChI is InChI=1S/C10H17N3.ClH/c1-8-6-13(7-12-8)10(2,11)5-9-3-4-9;/h6-7,9H,3-5,11H2,1-2H3;1H/t10-;/m0./s1. The highest BCUT2D eigenvalue weighted by Crippen LogP contribution is 2.37. The predicted octanol–water partition coefficient (Wildman–Crippen LogP) is 2.04. The average molecular weight is 216 g/mol. The molecule has 1 aliphatic rings. The van der Waals surface area contributed by atoms with Crippen LogP contribution in [0.5, 0.6) is 0 Å². The second-order valence-corrected chi connectivity index (χ2v) is 4.43. The number of aromatic nitrogens is 2. The van der Waals surface area contributed by atoms with Crippen molar-refractivity contribution in [2.45, 2.75) is 38.8 Å². The number of hydrogen-bond acceptors (Lipinski definition) is 2. The molecule has 0 saturated heterocycles. The van der Waals surface area contributed by atoms with E-state index >= 15 is 0 Å². The van der Waals surface area contributed by atoms with Gasteiger partial charge in [-0.2, -0.15) is 0 Å².